The van der Waals surface area contributed by atoms with Crippen LogP contribution in [0.15, 0.2) is 0 Å². The lowest BCUT2D eigenvalue weighted by Crippen LogP contribution is -2.32. The van der Waals surface area contributed by atoms with E-state index < -0.39 is 0 Å². The Kier molecular flexibility index (Phi) is 2.56. The second kappa shape index (κ2) is 3.50. The van der Waals surface area contributed by atoms with Gasteiger partial charge in [-0.1, -0.05) is 26.7 Å². The van der Waals surface area contributed by atoms with Crippen molar-refractivity contribution < 1.29 is 9.53 Å². The average molecular weight is 210 g/mol. The Labute approximate surface area is 92.4 Å². The molecule has 0 spiro atoms. The number of carbonyl (C=O) groups is 1. The molecule has 0 radical (unpaired) electrons. The van der Waals surface area contributed by atoms with Gasteiger partial charge in [0.2, 0.25) is 0 Å². The fraction of sp³-hybridized carbons (Fsp3) is 0.923. The van der Waals surface area contributed by atoms with Crippen LogP contribution >= 0.6 is 0 Å². The van der Waals surface area contributed by atoms with Crippen LogP contribution in [0.3, 0.4) is 0 Å². The normalized spacial score (nSPS) is 42.8. The number of esters is 1. The van der Waals surface area contributed by atoms with Gasteiger partial charge in [-0.05, 0) is 32.1 Å². The maximum absolute atomic E-state index is 11.9. The van der Waals surface area contributed by atoms with Crippen molar-refractivity contribution in [3.8, 4) is 0 Å². The van der Waals surface area contributed by atoms with E-state index in [9.17, 15) is 4.79 Å². The second-order valence-corrected chi connectivity index (χ2v) is 5.65. The molecule has 4 unspecified atom stereocenters. The first-order valence-electron chi connectivity index (χ1n) is 6.24. The summed E-state index contributed by atoms with van der Waals surface area (Å²) in [7, 11) is 0. The molecular weight excluding hydrogens is 188 g/mol. The van der Waals surface area contributed by atoms with Gasteiger partial charge < -0.3 is 4.74 Å². The van der Waals surface area contributed by atoms with Gasteiger partial charge in [-0.2, -0.15) is 0 Å². The van der Waals surface area contributed by atoms with Crippen LogP contribution in [0, 0.1) is 23.7 Å². The summed E-state index contributed by atoms with van der Waals surface area (Å²) in [5.74, 6) is 1.96. The highest BCUT2D eigenvalue weighted by molar-refractivity contribution is 5.77. The predicted octanol–water partition coefficient (Wildman–Crippen LogP) is 3.01. The van der Waals surface area contributed by atoms with Gasteiger partial charge in [0.05, 0.1) is 5.92 Å². The van der Waals surface area contributed by atoms with Crippen LogP contribution in [0.4, 0.5) is 0 Å². The molecule has 1 aliphatic heterocycles. The van der Waals surface area contributed by atoms with Crippen LogP contribution in [0.2, 0.25) is 0 Å². The Morgan fingerprint density at radius 2 is 1.87 bits per heavy atom. The summed E-state index contributed by atoms with van der Waals surface area (Å²) in [5.41, 5.74) is -0.230. The van der Waals surface area contributed by atoms with E-state index in [-0.39, 0.29) is 17.5 Å². The first-order chi connectivity index (χ1) is 7.01. The first-order valence-corrected chi connectivity index (χ1v) is 6.24. The zero-order valence-corrected chi connectivity index (χ0v) is 10.2. The van der Waals surface area contributed by atoms with Gasteiger partial charge in [0.1, 0.15) is 5.60 Å². The topological polar surface area (TPSA) is 26.3 Å². The third kappa shape index (κ3) is 1.49. The van der Waals surface area contributed by atoms with Crippen molar-refractivity contribution in [2.24, 2.45) is 23.7 Å². The summed E-state index contributed by atoms with van der Waals surface area (Å²) in [6, 6.07) is 0. The van der Waals surface area contributed by atoms with Crippen molar-refractivity contribution >= 4 is 5.97 Å². The summed E-state index contributed by atoms with van der Waals surface area (Å²) in [6.45, 7) is 8.59. The first kappa shape index (κ1) is 11.0. The Morgan fingerprint density at radius 3 is 2.40 bits per heavy atom. The van der Waals surface area contributed by atoms with E-state index in [2.05, 4.69) is 27.7 Å². The summed E-state index contributed by atoms with van der Waals surface area (Å²) < 4.78 is 5.54. The van der Waals surface area contributed by atoms with Gasteiger partial charge in [0.25, 0.3) is 0 Å². The molecule has 2 aliphatic rings. The molecule has 0 aromatic carbocycles. The fourth-order valence-electron chi connectivity index (χ4n) is 3.84. The largest absolute Gasteiger partial charge is 0.459 e. The summed E-state index contributed by atoms with van der Waals surface area (Å²) in [4.78, 5) is 11.9. The third-order valence-electron chi connectivity index (χ3n) is 4.50. The smallest absolute Gasteiger partial charge is 0.310 e. The second-order valence-electron chi connectivity index (χ2n) is 5.65. The minimum Gasteiger partial charge on any atom is -0.459 e. The molecular formula is C13H22O2. The van der Waals surface area contributed by atoms with E-state index in [0.29, 0.717) is 17.8 Å². The van der Waals surface area contributed by atoms with Crippen molar-refractivity contribution in [3.63, 3.8) is 0 Å². The molecule has 0 aromatic rings. The molecule has 86 valence electrons. The molecule has 0 aromatic heterocycles. The van der Waals surface area contributed by atoms with Crippen LogP contribution in [-0.2, 0) is 9.53 Å². The number of hydrogen-bond acceptors (Lipinski definition) is 2. The zero-order chi connectivity index (χ0) is 11.2. The SMILES string of the molecule is CCC1CC(CC)C2C1C(=O)OC2(C)C. The highest BCUT2D eigenvalue weighted by Gasteiger charge is 2.59. The summed E-state index contributed by atoms with van der Waals surface area (Å²) >= 11 is 0. The highest BCUT2D eigenvalue weighted by atomic mass is 16.6. The van der Waals surface area contributed by atoms with E-state index >= 15 is 0 Å². The zero-order valence-electron chi connectivity index (χ0n) is 10.2. The summed E-state index contributed by atoms with van der Waals surface area (Å²) in [6.07, 6.45) is 3.52. The van der Waals surface area contributed by atoms with Crippen molar-refractivity contribution in [1.82, 2.24) is 0 Å². The van der Waals surface area contributed by atoms with Gasteiger partial charge in [0.15, 0.2) is 0 Å². The Hall–Kier alpha value is -0.530. The average Bonchev–Trinajstić information content (AvgIpc) is 2.64. The number of cyclic esters (lactones) is 1. The van der Waals surface area contributed by atoms with Crippen LogP contribution in [0.1, 0.15) is 47.0 Å². The molecule has 4 atom stereocenters. The van der Waals surface area contributed by atoms with E-state index in [0.717, 1.165) is 6.42 Å². The van der Waals surface area contributed by atoms with Crippen LogP contribution in [0.5, 0.6) is 0 Å². The van der Waals surface area contributed by atoms with Crippen molar-refractivity contribution in [1.29, 1.82) is 0 Å². The minimum atomic E-state index is -0.230. The number of carbonyl (C=O) groups excluding carboxylic acids is 1. The van der Waals surface area contributed by atoms with E-state index in [1.165, 1.54) is 12.8 Å². The molecule has 1 heterocycles. The number of fused-ring (bicyclic) bond motifs is 1. The molecule has 1 saturated heterocycles. The lowest BCUT2D eigenvalue weighted by molar-refractivity contribution is -0.150. The molecule has 2 rings (SSSR count). The van der Waals surface area contributed by atoms with Crippen LogP contribution in [-0.4, -0.2) is 11.6 Å². The van der Waals surface area contributed by atoms with Crippen molar-refractivity contribution in [2.75, 3.05) is 0 Å². The van der Waals surface area contributed by atoms with E-state index in [4.69, 9.17) is 4.74 Å². The van der Waals surface area contributed by atoms with Gasteiger partial charge in [-0.25, -0.2) is 0 Å². The summed E-state index contributed by atoms with van der Waals surface area (Å²) in [5, 5.41) is 0. The quantitative estimate of drug-likeness (QED) is 0.655. The van der Waals surface area contributed by atoms with Gasteiger partial charge in [-0.3, -0.25) is 4.79 Å². The Bertz CT molecular complexity index is 270. The standard InChI is InChI=1S/C13H22O2/c1-5-8-7-9(6-2)11-10(8)12(14)15-13(11,3)4/h8-11H,5-7H2,1-4H3. The molecule has 2 nitrogen and oxygen atoms in total. The van der Waals surface area contributed by atoms with Crippen molar-refractivity contribution in [2.45, 2.75) is 52.6 Å². The number of hydrogen-bond donors (Lipinski definition) is 0. The molecule has 1 aliphatic carbocycles. The number of ether oxygens (including phenoxy) is 1. The third-order valence-corrected chi connectivity index (χ3v) is 4.50. The molecule has 0 N–H and O–H groups in total. The highest BCUT2D eigenvalue weighted by Crippen LogP contribution is 2.54. The van der Waals surface area contributed by atoms with Gasteiger partial charge in [-0.15, -0.1) is 0 Å². The van der Waals surface area contributed by atoms with Crippen LogP contribution < -0.4 is 0 Å². The van der Waals surface area contributed by atoms with Gasteiger partial charge >= 0.3 is 5.97 Å². The van der Waals surface area contributed by atoms with Gasteiger partial charge in [0, 0.05) is 5.92 Å². The van der Waals surface area contributed by atoms with E-state index in [1.807, 2.05) is 0 Å². The molecule has 2 fully saturated rings. The molecule has 0 bridgehead atoms. The van der Waals surface area contributed by atoms with E-state index in [1.54, 1.807) is 0 Å². The predicted molar refractivity (Wildman–Crippen MR) is 59.3 cm³/mol. The molecule has 1 saturated carbocycles. The fourth-order valence-corrected chi connectivity index (χ4v) is 3.84. The Balaban J connectivity index is 2.30. The minimum absolute atomic E-state index is 0.0628. The lowest BCUT2D eigenvalue weighted by atomic mass is 9.78. The number of rotatable bonds is 2. The van der Waals surface area contributed by atoms with Crippen molar-refractivity contribution in [3.05, 3.63) is 0 Å². The maximum Gasteiger partial charge on any atom is 0.310 e. The monoisotopic (exact) mass is 210 g/mol. The Morgan fingerprint density at radius 1 is 1.27 bits per heavy atom. The maximum atomic E-state index is 11.9. The van der Waals surface area contributed by atoms with Crippen LogP contribution in [0.25, 0.3) is 0 Å². The lowest BCUT2D eigenvalue weighted by Gasteiger charge is -2.28. The molecule has 15 heavy (non-hydrogen) atoms. The molecule has 0 amide bonds. The molecule has 2 heteroatoms.